The van der Waals surface area contributed by atoms with Crippen molar-refractivity contribution in [2.75, 3.05) is 5.88 Å². The first-order valence-electron chi connectivity index (χ1n) is 3.71. The molecule has 0 unspecified atom stereocenters. The van der Waals surface area contributed by atoms with Crippen LogP contribution in [0.15, 0.2) is 18.3 Å². The van der Waals surface area contributed by atoms with Crippen LogP contribution in [0.2, 0.25) is 0 Å². The summed E-state index contributed by atoms with van der Waals surface area (Å²) >= 11 is 5.36. The Morgan fingerprint density at radius 3 is 2.83 bits per heavy atom. The Balaban J connectivity index is 2.64. The van der Waals surface area contributed by atoms with Gasteiger partial charge in [-0.15, -0.1) is 11.6 Å². The highest BCUT2D eigenvalue weighted by atomic mass is 35.5. The highest BCUT2D eigenvalue weighted by Gasteiger charge is 2.01. The fourth-order valence-corrected chi connectivity index (χ4v) is 0.947. The summed E-state index contributed by atoms with van der Waals surface area (Å²) < 4.78 is 0. The Morgan fingerprint density at radius 2 is 2.33 bits per heavy atom. The van der Waals surface area contributed by atoms with Gasteiger partial charge in [-0.25, -0.2) is 0 Å². The smallest absolute Gasteiger partial charge is 0.153 e. The van der Waals surface area contributed by atoms with Crippen molar-refractivity contribution in [1.29, 1.82) is 0 Å². The molecule has 0 radical (unpaired) electrons. The number of hydrogen-bond donors (Lipinski definition) is 0. The number of carbonyl (C=O) groups is 1. The van der Waals surface area contributed by atoms with Crippen molar-refractivity contribution in [2.45, 2.75) is 13.3 Å². The van der Waals surface area contributed by atoms with Crippen molar-refractivity contribution in [3.8, 4) is 0 Å². The molecule has 0 aliphatic rings. The number of halogens is 1. The van der Waals surface area contributed by atoms with E-state index in [9.17, 15) is 4.79 Å². The standard InChI is InChI=1S/C9H10ClNO/c1-7-2-3-8(11-6-7)4-9(12)5-10/h2-3,6H,4-5H2,1H3. The normalized spacial score (nSPS) is 9.83. The minimum atomic E-state index is 0.00743. The van der Waals surface area contributed by atoms with Gasteiger partial charge in [0.25, 0.3) is 0 Å². The number of alkyl halides is 1. The van der Waals surface area contributed by atoms with Crippen LogP contribution in [0.1, 0.15) is 11.3 Å². The Bertz CT molecular complexity index is 268. The molecule has 0 bridgehead atoms. The molecule has 1 rings (SSSR count). The molecule has 0 saturated carbocycles. The van der Waals surface area contributed by atoms with Crippen LogP contribution in [0.5, 0.6) is 0 Å². The number of ketones is 1. The first-order valence-corrected chi connectivity index (χ1v) is 4.25. The van der Waals surface area contributed by atoms with Gasteiger partial charge in [-0.2, -0.15) is 0 Å². The summed E-state index contributed by atoms with van der Waals surface area (Å²) in [6, 6.07) is 3.78. The van der Waals surface area contributed by atoms with Gasteiger partial charge < -0.3 is 0 Å². The minimum Gasteiger partial charge on any atom is -0.298 e. The lowest BCUT2D eigenvalue weighted by molar-refractivity contribution is -0.116. The highest BCUT2D eigenvalue weighted by molar-refractivity contribution is 6.27. The molecule has 0 fully saturated rings. The fourth-order valence-electron chi connectivity index (χ4n) is 0.852. The van der Waals surface area contributed by atoms with Gasteiger partial charge in [-0.1, -0.05) is 6.07 Å². The lowest BCUT2D eigenvalue weighted by Crippen LogP contribution is -2.05. The van der Waals surface area contributed by atoms with Crippen molar-refractivity contribution < 1.29 is 4.79 Å². The molecule has 1 heterocycles. The average Bonchev–Trinajstić information content (AvgIpc) is 2.09. The average molecular weight is 184 g/mol. The number of Topliss-reactive ketones (excluding diaryl/α,β-unsaturated/α-hetero) is 1. The second-order valence-electron chi connectivity index (χ2n) is 2.68. The second kappa shape index (κ2) is 4.21. The molecule has 0 aromatic carbocycles. The van der Waals surface area contributed by atoms with E-state index in [0.29, 0.717) is 6.42 Å². The monoisotopic (exact) mass is 183 g/mol. The molecule has 0 atom stereocenters. The molecule has 0 aliphatic heterocycles. The van der Waals surface area contributed by atoms with Crippen molar-refractivity contribution in [3.63, 3.8) is 0 Å². The third kappa shape index (κ3) is 2.62. The third-order valence-electron chi connectivity index (χ3n) is 1.50. The number of hydrogen-bond acceptors (Lipinski definition) is 2. The van der Waals surface area contributed by atoms with Crippen LogP contribution < -0.4 is 0 Å². The van der Waals surface area contributed by atoms with E-state index in [-0.39, 0.29) is 11.7 Å². The second-order valence-corrected chi connectivity index (χ2v) is 2.94. The number of aromatic nitrogens is 1. The van der Waals surface area contributed by atoms with E-state index in [1.54, 1.807) is 6.20 Å². The lowest BCUT2D eigenvalue weighted by atomic mass is 10.2. The predicted octanol–water partition coefficient (Wildman–Crippen LogP) is 1.74. The van der Waals surface area contributed by atoms with Gasteiger partial charge in [-0.05, 0) is 18.6 Å². The first-order chi connectivity index (χ1) is 5.72. The minimum absolute atomic E-state index is 0.00743. The molecule has 2 nitrogen and oxygen atoms in total. The third-order valence-corrected chi connectivity index (χ3v) is 1.80. The van der Waals surface area contributed by atoms with E-state index in [4.69, 9.17) is 11.6 Å². The number of aryl methyl sites for hydroxylation is 1. The van der Waals surface area contributed by atoms with E-state index in [2.05, 4.69) is 4.98 Å². The molecule has 0 spiro atoms. The Labute approximate surface area is 76.6 Å². The van der Waals surface area contributed by atoms with Gasteiger partial charge in [0.15, 0.2) is 5.78 Å². The van der Waals surface area contributed by atoms with Gasteiger partial charge in [0.05, 0.1) is 5.88 Å². The first kappa shape index (κ1) is 9.20. The molecule has 0 saturated heterocycles. The Kier molecular flexibility index (Phi) is 3.23. The molecule has 0 aliphatic carbocycles. The number of rotatable bonds is 3. The van der Waals surface area contributed by atoms with Crippen molar-refractivity contribution in [2.24, 2.45) is 0 Å². The van der Waals surface area contributed by atoms with Crippen LogP contribution >= 0.6 is 11.6 Å². The fraction of sp³-hybridized carbons (Fsp3) is 0.333. The summed E-state index contributed by atoms with van der Waals surface area (Å²) in [5, 5.41) is 0. The molecule has 0 amide bonds. The maximum atomic E-state index is 10.9. The van der Waals surface area contributed by atoms with Crippen LogP contribution in [0.4, 0.5) is 0 Å². The van der Waals surface area contributed by atoms with Crippen molar-refractivity contribution in [3.05, 3.63) is 29.6 Å². The molecule has 3 heteroatoms. The van der Waals surface area contributed by atoms with Gasteiger partial charge >= 0.3 is 0 Å². The molecule has 1 aromatic heterocycles. The quantitative estimate of drug-likeness (QED) is 0.669. The largest absolute Gasteiger partial charge is 0.298 e. The Morgan fingerprint density at radius 1 is 1.58 bits per heavy atom. The van der Waals surface area contributed by atoms with Gasteiger partial charge in [0, 0.05) is 18.3 Å². The van der Waals surface area contributed by atoms with Crippen LogP contribution in [0.25, 0.3) is 0 Å². The SMILES string of the molecule is Cc1ccc(CC(=O)CCl)nc1. The zero-order chi connectivity index (χ0) is 8.97. The molecule has 64 valence electrons. The summed E-state index contributed by atoms with van der Waals surface area (Å²) in [6.07, 6.45) is 2.08. The summed E-state index contributed by atoms with van der Waals surface area (Å²) in [6.45, 7) is 1.96. The van der Waals surface area contributed by atoms with Gasteiger partial charge in [0.1, 0.15) is 0 Å². The Hall–Kier alpha value is -0.890. The molecule has 12 heavy (non-hydrogen) atoms. The molecule has 0 N–H and O–H groups in total. The molecular weight excluding hydrogens is 174 g/mol. The highest BCUT2D eigenvalue weighted by Crippen LogP contribution is 2.00. The van der Waals surface area contributed by atoms with E-state index < -0.39 is 0 Å². The number of nitrogens with zero attached hydrogens (tertiary/aromatic N) is 1. The lowest BCUT2D eigenvalue weighted by Gasteiger charge is -1.97. The number of pyridine rings is 1. The van der Waals surface area contributed by atoms with Crippen LogP contribution in [0.3, 0.4) is 0 Å². The topological polar surface area (TPSA) is 30.0 Å². The molecular formula is C9H10ClNO. The maximum absolute atomic E-state index is 10.9. The van der Waals surface area contributed by atoms with Crippen molar-refractivity contribution in [1.82, 2.24) is 4.98 Å². The van der Waals surface area contributed by atoms with E-state index in [1.807, 2.05) is 19.1 Å². The van der Waals surface area contributed by atoms with E-state index in [1.165, 1.54) is 0 Å². The van der Waals surface area contributed by atoms with Crippen LogP contribution in [-0.4, -0.2) is 16.6 Å². The van der Waals surface area contributed by atoms with Gasteiger partial charge in [0.2, 0.25) is 0 Å². The summed E-state index contributed by atoms with van der Waals surface area (Å²) in [5.74, 6) is 0.0725. The van der Waals surface area contributed by atoms with Crippen LogP contribution in [-0.2, 0) is 11.2 Å². The molecule has 1 aromatic rings. The zero-order valence-electron chi connectivity index (χ0n) is 6.88. The van der Waals surface area contributed by atoms with E-state index in [0.717, 1.165) is 11.3 Å². The van der Waals surface area contributed by atoms with E-state index >= 15 is 0 Å². The number of carbonyl (C=O) groups excluding carboxylic acids is 1. The summed E-state index contributed by atoms with van der Waals surface area (Å²) in [7, 11) is 0. The van der Waals surface area contributed by atoms with Crippen molar-refractivity contribution >= 4 is 17.4 Å². The predicted molar refractivity (Wildman–Crippen MR) is 48.4 cm³/mol. The summed E-state index contributed by atoms with van der Waals surface area (Å²) in [5.41, 5.74) is 1.88. The maximum Gasteiger partial charge on any atom is 0.153 e. The van der Waals surface area contributed by atoms with Gasteiger partial charge in [-0.3, -0.25) is 9.78 Å². The van der Waals surface area contributed by atoms with Crippen LogP contribution in [0, 0.1) is 6.92 Å². The zero-order valence-corrected chi connectivity index (χ0v) is 7.64. The summed E-state index contributed by atoms with van der Waals surface area (Å²) in [4.78, 5) is 15.0.